The Morgan fingerprint density at radius 1 is 0.432 bits per heavy atom. The van der Waals surface area contributed by atoms with Crippen LogP contribution in [0.4, 0.5) is 11.4 Å². The fraction of sp³-hybridized carbons (Fsp3) is 0.625. The van der Waals surface area contributed by atoms with E-state index in [4.69, 9.17) is 43.4 Å². The zero-order valence-corrected chi connectivity index (χ0v) is 93.6. The zero-order chi connectivity index (χ0) is 98.0. The number of ketones is 1. The molecule has 26 nitrogen and oxygen atoms in total. The number of aliphatic hydroxyl groups excluding tert-OH is 2. The number of piperidine rings is 2. The number of pyridine rings is 1. The van der Waals surface area contributed by atoms with E-state index in [0.29, 0.717) is 54.4 Å². The van der Waals surface area contributed by atoms with Gasteiger partial charge in [-0.3, -0.25) is 53.0 Å². The predicted octanol–water partition coefficient (Wildman–Crippen LogP) is 20.9. The predicted molar refractivity (Wildman–Crippen MR) is 523 cm³/mol. The maximum absolute atomic E-state index is 13.6. The molecule has 2 saturated heterocycles. The van der Waals surface area contributed by atoms with E-state index in [1.165, 1.54) is 13.8 Å². The van der Waals surface area contributed by atoms with E-state index in [2.05, 4.69) is 97.8 Å². The number of carbonyl (C=O) groups excluding carboxylic acids is 8. The first-order chi connectivity index (χ1) is 57.5. The second-order valence-electron chi connectivity index (χ2n) is 40.4. The van der Waals surface area contributed by atoms with Crippen LogP contribution in [0.3, 0.4) is 0 Å². The molecule has 1 aliphatic carbocycles. The molecule has 3 heterocycles. The summed E-state index contributed by atoms with van der Waals surface area (Å²) in [6, 6.07) is 20.3. The van der Waals surface area contributed by atoms with Crippen LogP contribution in [-0.2, 0) is 132 Å². The van der Waals surface area contributed by atoms with Gasteiger partial charge in [0.05, 0.1) is 54.7 Å². The topological polar surface area (TPSA) is 357 Å². The van der Waals surface area contributed by atoms with Gasteiger partial charge >= 0.3 is 95.9 Å². The number of carboxylic acids is 2. The molecule has 28 heteroatoms. The van der Waals surface area contributed by atoms with Crippen molar-refractivity contribution >= 4 is 81.8 Å². The molecule has 750 valence electrons. The average molecular weight is 2200 g/mol. The molecule has 1 aromatic heterocycles. The molecular formula is C104H170N4O22W2. The Labute approximate surface area is 822 Å². The number of aliphatic hydroxyl groups is 2. The minimum Gasteiger partial charge on any atom is -0.481 e. The molecule has 0 saturated carbocycles. The van der Waals surface area contributed by atoms with Crippen molar-refractivity contribution in [2.75, 3.05) is 45.8 Å². The first-order valence-electron chi connectivity index (χ1n) is 44.0. The Morgan fingerprint density at radius 3 is 1.02 bits per heavy atom. The van der Waals surface area contributed by atoms with Crippen LogP contribution in [0.15, 0.2) is 95.8 Å². The third kappa shape index (κ3) is 40.7. The Bertz CT molecular complexity index is 4260. The van der Waals surface area contributed by atoms with Gasteiger partial charge in [-0.2, -0.15) is 0 Å². The molecule has 7 rings (SSSR count). The molecule has 132 heavy (non-hydrogen) atoms. The van der Waals surface area contributed by atoms with Crippen LogP contribution in [0.1, 0.15) is 307 Å². The molecule has 0 amide bonds. The summed E-state index contributed by atoms with van der Waals surface area (Å²) >= 11 is 0. The van der Waals surface area contributed by atoms with Gasteiger partial charge in [0.25, 0.3) is 5.56 Å². The van der Waals surface area contributed by atoms with Crippen molar-refractivity contribution in [1.82, 2.24) is 14.4 Å². The number of hydrogen-bond donors (Lipinski definition) is 5. The fourth-order valence-electron chi connectivity index (χ4n) is 12.1. The molecule has 2 atom stereocenters. The summed E-state index contributed by atoms with van der Waals surface area (Å²) in [5.74, 6) is -3.76. The number of carbonyl (C=O) groups is 10. The van der Waals surface area contributed by atoms with Crippen LogP contribution >= 0.6 is 0 Å². The van der Waals surface area contributed by atoms with Gasteiger partial charge in [-0.1, -0.05) is 98.0 Å². The monoisotopic (exact) mass is 2200 g/mol. The van der Waals surface area contributed by atoms with E-state index < -0.39 is 63.2 Å². The van der Waals surface area contributed by atoms with Crippen LogP contribution in [0.5, 0.6) is 0 Å². The van der Waals surface area contributed by atoms with Crippen molar-refractivity contribution in [2.24, 2.45) is 45.0 Å². The average Bonchev–Trinajstić information content (AvgIpc) is 0.719. The van der Waals surface area contributed by atoms with Gasteiger partial charge in [0, 0.05) is 88.7 Å². The number of benzene rings is 3. The first kappa shape index (κ1) is 135. The van der Waals surface area contributed by atoms with Crippen molar-refractivity contribution in [2.45, 2.75) is 338 Å². The Balaban J connectivity index is -0.000000367. The molecule has 4 aromatic rings. The number of nitrogens with zero attached hydrogens (tertiary/aromatic N) is 3. The van der Waals surface area contributed by atoms with Crippen molar-refractivity contribution in [1.29, 1.82) is 0 Å². The number of likely N-dealkylation sites (tertiary alicyclic amines) is 2. The molecular weight excluding hydrogens is 2020 g/mol. The number of anilines is 2. The molecule has 2 fully saturated rings. The normalized spacial score (nSPS) is 15.2. The van der Waals surface area contributed by atoms with Gasteiger partial charge in [-0.25, -0.2) is 9.59 Å². The van der Waals surface area contributed by atoms with Crippen LogP contribution in [-0.4, -0.2) is 181 Å². The van der Waals surface area contributed by atoms with Crippen molar-refractivity contribution in [3.63, 3.8) is 0 Å². The van der Waals surface area contributed by atoms with Crippen molar-refractivity contribution in [3.8, 4) is 11.1 Å². The summed E-state index contributed by atoms with van der Waals surface area (Å²) < 4.78 is 38.0. The molecule has 3 aromatic carbocycles. The van der Waals surface area contributed by atoms with Gasteiger partial charge in [-0.15, -0.1) is 0 Å². The Hall–Kier alpha value is -7.73. The number of nitrogens with one attached hydrogen (secondary N) is 1. The summed E-state index contributed by atoms with van der Waals surface area (Å²) in [6.07, 6.45) is 6.60. The summed E-state index contributed by atoms with van der Waals surface area (Å²) in [6.45, 7) is 66.1. The van der Waals surface area contributed by atoms with Gasteiger partial charge in [0.2, 0.25) is 0 Å². The minimum atomic E-state index is -1.02. The molecule has 5 N–H and O–H groups in total. The van der Waals surface area contributed by atoms with Crippen molar-refractivity contribution < 1.29 is 144 Å². The van der Waals surface area contributed by atoms with Gasteiger partial charge in [0.15, 0.2) is 5.78 Å². The minimum absolute atomic E-state index is 0. The summed E-state index contributed by atoms with van der Waals surface area (Å²) in [4.78, 5) is 134. The number of fused-ring (bicyclic) bond motifs is 2. The molecule has 0 spiro atoms. The molecule has 2 unspecified atom stereocenters. The van der Waals surface area contributed by atoms with Gasteiger partial charge in [0.1, 0.15) is 57.5 Å². The number of carboxylic acid groups (broad SMARTS) is 2. The number of hydrogen-bond acceptors (Lipinski definition) is 23. The molecule has 3 aliphatic rings. The van der Waals surface area contributed by atoms with E-state index in [0.717, 1.165) is 66.3 Å². The SMILES string of the molecule is C=C(C)C(=O)OCC(O)COC(=O)C(C)(C)CC.C=C(C)C(=O)OCC(O)COC(=O)C(C)(C)CC.CCC(C)(C)C(=O)O.CCC(C)(C)C(=O)O.CCC(C)(C)C(=O)OC1CC(C)(C)N(C)C(C)(C)C1.CCC(C)(C)C(=O)OC1CC(C)(C)N(C)C(C)(C)C1.CCC(C)(C)C(=O)OCc1ccc(Nc2ccc3c4c(cc(=O)n3C)-c3ccccc3C(=O)c24)cc1.[CH3-].[CH3-].[CH3-].[CH3-].[W+2].[W+2]. The molecule has 2 aliphatic heterocycles. The third-order valence-corrected chi connectivity index (χ3v) is 25.2. The number of ether oxygens (including phenoxy) is 7. The van der Waals surface area contributed by atoms with Crippen LogP contribution < -0.4 is 10.9 Å². The molecule has 0 bridgehead atoms. The summed E-state index contributed by atoms with van der Waals surface area (Å²) in [5.41, 5.74) is 2.88. The second kappa shape index (κ2) is 56.7. The maximum Gasteiger partial charge on any atom is 2.00 e. The smallest absolute Gasteiger partial charge is 0.481 e. The van der Waals surface area contributed by atoms with Gasteiger partial charge in [-0.05, 0) is 266 Å². The number of aryl methyl sites for hydroxylation is 1. The van der Waals surface area contributed by atoms with E-state index in [-0.39, 0.29) is 202 Å². The Morgan fingerprint density at radius 2 is 0.727 bits per heavy atom. The fourth-order valence-corrected chi connectivity index (χ4v) is 12.1. The standard InChI is InChI=1S/C30H28N2O4.2C16H31NO2.2C13H22O5.2C6H12O2.4CH3.2W/c1-5-30(2,3)29(35)36-17-18-10-12-19(13-11-18)31-23-14-15-24-26-22(16-25(33)32(24)4)20-8-6-7-9-21(20)28(34)27(23)26;2*1-9-14(2,3)13(18)19-12-10-15(4,5)17(8)16(6,7)11-12;2*1-6-13(4,5)12(16)18-8-10(14)7-17-11(15)9(2)3;2*1-4-6(2,3)5(7)8;;;;;;/h6-16,31H,5,17H2,1-4H3;2*12H,9-11H2,1-8H3;2*10,14H,2,6-8H2,1,3-5H3;2*4H2,1-3H3,(H,7,8);4*1H3;;/q;;;;;;;4*-1;2*+2. The van der Waals surface area contributed by atoms with Crippen LogP contribution in [0, 0.1) is 67.6 Å². The third-order valence-electron chi connectivity index (χ3n) is 25.2. The number of rotatable bonds is 30. The van der Waals surface area contributed by atoms with E-state index in [9.17, 15) is 63.0 Å². The van der Waals surface area contributed by atoms with Crippen molar-refractivity contribution in [3.05, 3.63) is 148 Å². The Kier molecular flexibility index (Phi) is 58.0. The van der Waals surface area contributed by atoms with Crippen LogP contribution in [0.25, 0.3) is 22.0 Å². The summed E-state index contributed by atoms with van der Waals surface area (Å²) in [7, 11) is 6.04. The first-order valence-corrected chi connectivity index (χ1v) is 44.0. The summed E-state index contributed by atoms with van der Waals surface area (Å²) in [5, 5.41) is 40.0. The number of aromatic nitrogens is 1. The quantitative estimate of drug-likeness (QED) is 0.0123. The largest absolute Gasteiger partial charge is 2.00 e. The van der Waals surface area contributed by atoms with E-state index >= 15 is 0 Å². The number of aliphatic carboxylic acids is 2. The molecule has 0 radical (unpaired) electrons. The van der Waals surface area contributed by atoms with E-state index in [1.54, 1.807) is 79.1 Å². The number of esters is 7. The van der Waals surface area contributed by atoms with Crippen LogP contribution in [0.2, 0.25) is 0 Å². The van der Waals surface area contributed by atoms with E-state index in [1.807, 2.05) is 145 Å². The zero-order valence-electron chi connectivity index (χ0n) is 87.7. The second-order valence-corrected chi connectivity index (χ2v) is 40.4. The van der Waals surface area contributed by atoms with Gasteiger partial charge < -0.3 is 93.2 Å². The maximum atomic E-state index is 13.6.